The maximum absolute atomic E-state index is 12.6. The number of thiazole rings is 1. The molecule has 1 amide bonds. The van der Waals surface area contributed by atoms with E-state index < -0.39 is 0 Å². The van der Waals surface area contributed by atoms with Gasteiger partial charge in [-0.15, -0.1) is 11.3 Å². The fourth-order valence-corrected chi connectivity index (χ4v) is 4.19. The minimum Gasteiger partial charge on any atom is -0.380 e. The van der Waals surface area contributed by atoms with Crippen LogP contribution in [0.15, 0.2) is 5.38 Å². The van der Waals surface area contributed by atoms with E-state index in [1.54, 1.807) is 16.2 Å². The van der Waals surface area contributed by atoms with Crippen LogP contribution < -0.4 is 0 Å². The average molecular weight is 295 g/mol. The summed E-state index contributed by atoms with van der Waals surface area (Å²) in [5.41, 5.74) is 0.738. The molecule has 1 aromatic heterocycles. The first-order valence-electron chi connectivity index (χ1n) is 6.94. The molecule has 110 valence electrons. The number of amides is 1. The summed E-state index contributed by atoms with van der Waals surface area (Å²) in [5, 5.41) is 3.21. The van der Waals surface area contributed by atoms with Crippen LogP contribution in [0.25, 0.3) is 0 Å². The molecule has 0 saturated carbocycles. The number of hydrogen-bond donors (Lipinski definition) is 0. The summed E-state index contributed by atoms with van der Waals surface area (Å²) < 4.78 is 5.60. The van der Waals surface area contributed by atoms with E-state index in [-0.39, 0.29) is 11.3 Å². The van der Waals surface area contributed by atoms with Crippen molar-refractivity contribution in [1.29, 1.82) is 0 Å². The number of carbonyl (C=O) groups is 1. The van der Waals surface area contributed by atoms with Crippen molar-refractivity contribution in [3.63, 3.8) is 0 Å². The highest BCUT2D eigenvalue weighted by molar-refractivity contribution is 7.09. The monoisotopic (exact) mass is 295 g/mol. The van der Waals surface area contributed by atoms with Gasteiger partial charge in [0.25, 0.3) is 0 Å². The molecule has 0 unspecified atom stereocenters. The smallest absolute Gasteiger partial charge is 0.232 e. The van der Waals surface area contributed by atoms with Gasteiger partial charge in [-0.1, -0.05) is 0 Å². The Hall–Kier alpha value is -0.980. The van der Waals surface area contributed by atoms with Crippen LogP contribution in [0.2, 0.25) is 0 Å². The van der Waals surface area contributed by atoms with Crippen LogP contribution in [-0.2, 0) is 16.1 Å². The standard InChI is InChI=1S/C14H21N3O2S/c1-10-7-20-12(15-10)5-17-4-11-6-19-9-14(11,8-17)13(18)16(2)3/h7,11H,4-6,8-9H2,1-3H3/t11-,14-/m1/s1. The van der Waals surface area contributed by atoms with Gasteiger partial charge in [-0.3, -0.25) is 9.69 Å². The van der Waals surface area contributed by atoms with Crippen LogP contribution in [0.5, 0.6) is 0 Å². The van der Waals surface area contributed by atoms with Crippen molar-refractivity contribution in [2.45, 2.75) is 13.5 Å². The third kappa shape index (κ3) is 2.25. The van der Waals surface area contributed by atoms with Gasteiger partial charge in [0.2, 0.25) is 5.91 Å². The molecule has 6 heteroatoms. The predicted octanol–water partition coefficient (Wildman–Crippen LogP) is 0.988. The quantitative estimate of drug-likeness (QED) is 0.834. The Morgan fingerprint density at radius 2 is 2.45 bits per heavy atom. The van der Waals surface area contributed by atoms with Crippen molar-refractivity contribution in [1.82, 2.24) is 14.8 Å². The van der Waals surface area contributed by atoms with E-state index in [0.29, 0.717) is 19.1 Å². The molecule has 0 spiro atoms. The van der Waals surface area contributed by atoms with Crippen LogP contribution >= 0.6 is 11.3 Å². The van der Waals surface area contributed by atoms with Crippen molar-refractivity contribution < 1.29 is 9.53 Å². The number of hydrogen-bond acceptors (Lipinski definition) is 5. The minimum atomic E-state index is -0.337. The number of ether oxygens (including phenoxy) is 1. The summed E-state index contributed by atoms with van der Waals surface area (Å²) in [5.74, 6) is 0.524. The first-order valence-corrected chi connectivity index (χ1v) is 7.82. The molecule has 2 fully saturated rings. The Morgan fingerprint density at radius 3 is 3.10 bits per heavy atom. The molecule has 2 aliphatic rings. The number of rotatable bonds is 3. The molecular weight excluding hydrogens is 274 g/mol. The fraction of sp³-hybridized carbons (Fsp3) is 0.714. The van der Waals surface area contributed by atoms with Crippen LogP contribution in [0.4, 0.5) is 0 Å². The second kappa shape index (κ2) is 5.09. The molecule has 2 atom stereocenters. The Labute approximate surface area is 123 Å². The van der Waals surface area contributed by atoms with Crippen molar-refractivity contribution in [2.24, 2.45) is 11.3 Å². The average Bonchev–Trinajstić information content (AvgIpc) is 3.03. The normalized spacial score (nSPS) is 29.6. The summed E-state index contributed by atoms with van der Waals surface area (Å²) in [6.07, 6.45) is 0. The Kier molecular flexibility index (Phi) is 3.56. The van der Waals surface area contributed by atoms with E-state index in [1.165, 1.54) is 0 Å². The lowest BCUT2D eigenvalue weighted by molar-refractivity contribution is -0.140. The fourth-order valence-electron chi connectivity index (χ4n) is 3.37. The molecule has 2 aliphatic heterocycles. The third-order valence-corrected chi connectivity index (χ3v) is 5.25. The summed E-state index contributed by atoms with van der Waals surface area (Å²) in [7, 11) is 3.67. The molecule has 20 heavy (non-hydrogen) atoms. The largest absolute Gasteiger partial charge is 0.380 e. The highest BCUT2D eigenvalue weighted by Gasteiger charge is 2.56. The summed E-state index contributed by atoms with van der Waals surface area (Å²) in [6, 6.07) is 0. The molecule has 2 saturated heterocycles. The molecule has 1 aromatic rings. The van der Waals surface area contributed by atoms with Crippen molar-refractivity contribution in [3.05, 3.63) is 16.1 Å². The van der Waals surface area contributed by atoms with Crippen LogP contribution in [-0.4, -0.2) is 61.1 Å². The Morgan fingerprint density at radius 1 is 1.65 bits per heavy atom. The molecular formula is C14H21N3O2S. The molecule has 3 rings (SSSR count). The number of nitrogens with zero attached hydrogens (tertiary/aromatic N) is 3. The topological polar surface area (TPSA) is 45.7 Å². The molecule has 0 radical (unpaired) electrons. The number of aromatic nitrogens is 1. The summed E-state index contributed by atoms with van der Waals surface area (Å²) in [4.78, 5) is 21.1. The van der Waals surface area contributed by atoms with Gasteiger partial charge >= 0.3 is 0 Å². The lowest BCUT2D eigenvalue weighted by Gasteiger charge is -2.29. The van der Waals surface area contributed by atoms with Gasteiger partial charge in [0.05, 0.1) is 25.2 Å². The molecule has 5 nitrogen and oxygen atoms in total. The minimum absolute atomic E-state index is 0.206. The third-order valence-electron chi connectivity index (χ3n) is 4.30. The van der Waals surface area contributed by atoms with Crippen molar-refractivity contribution in [3.8, 4) is 0 Å². The molecule has 0 aromatic carbocycles. The zero-order valence-corrected chi connectivity index (χ0v) is 13.1. The van der Waals surface area contributed by atoms with Gasteiger partial charge in [0.15, 0.2) is 0 Å². The highest BCUT2D eigenvalue weighted by Crippen LogP contribution is 2.43. The Balaban J connectivity index is 1.74. The first-order chi connectivity index (χ1) is 9.51. The maximum Gasteiger partial charge on any atom is 0.232 e. The second-order valence-electron chi connectivity index (χ2n) is 6.12. The lowest BCUT2D eigenvalue weighted by Crippen LogP contribution is -2.46. The van der Waals surface area contributed by atoms with E-state index in [4.69, 9.17) is 4.74 Å². The zero-order valence-electron chi connectivity index (χ0n) is 12.3. The van der Waals surface area contributed by atoms with Gasteiger partial charge in [-0.05, 0) is 6.92 Å². The molecule has 0 bridgehead atoms. The van der Waals surface area contributed by atoms with Crippen LogP contribution in [0, 0.1) is 18.3 Å². The molecule has 3 heterocycles. The van der Waals surface area contributed by atoms with Crippen molar-refractivity contribution >= 4 is 17.2 Å². The highest BCUT2D eigenvalue weighted by atomic mass is 32.1. The van der Waals surface area contributed by atoms with Crippen LogP contribution in [0.1, 0.15) is 10.7 Å². The molecule has 0 N–H and O–H groups in total. The lowest BCUT2D eigenvalue weighted by atomic mass is 9.80. The summed E-state index contributed by atoms with van der Waals surface area (Å²) in [6.45, 7) is 5.83. The van der Waals surface area contributed by atoms with E-state index in [9.17, 15) is 4.79 Å². The van der Waals surface area contributed by atoms with Gasteiger partial charge in [0, 0.05) is 44.2 Å². The SMILES string of the molecule is Cc1csc(CN2C[C@@H]3COC[C@]3(C(=O)N(C)C)C2)n1. The van der Waals surface area contributed by atoms with Gasteiger partial charge in [-0.25, -0.2) is 4.98 Å². The second-order valence-corrected chi connectivity index (χ2v) is 7.06. The van der Waals surface area contributed by atoms with E-state index in [2.05, 4.69) is 15.3 Å². The van der Waals surface area contributed by atoms with Crippen LogP contribution in [0.3, 0.4) is 0 Å². The van der Waals surface area contributed by atoms with Crippen molar-refractivity contribution in [2.75, 3.05) is 40.4 Å². The summed E-state index contributed by atoms with van der Waals surface area (Å²) >= 11 is 1.70. The number of fused-ring (bicyclic) bond motifs is 1. The van der Waals surface area contributed by atoms with Gasteiger partial charge in [0.1, 0.15) is 5.01 Å². The van der Waals surface area contributed by atoms with Gasteiger partial charge < -0.3 is 9.64 Å². The number of aryl methyl sites for hydroxylation is 1. The van der Waals surface area contributed by atoms with E-state index >= 15 is 0 Å². The molecule has 0 aliphatic carbocycles. The van der Waals surface area contributed by atoms with E-state index in [1.807, 2.05) is 21.0 Å². The van der Waals surface area contributed by atoms with E-state index in [0.717, 1.165) is 30.3 Å². The maximum atomic E-state index is 12.6. The predicted molar refractivity (Wildman–Crippen MR) is 77.6 cm³/mol. The number of carbonyl (C=O) groups excluding carboxylic acids is 1. The Bertz CT molecular complexity index is 516. The number of likely N-dealkylation sites (tertiary alicyclic amines) is 1. The first kappa shape index (κ1) is 14.0. The van der Waals surface area contributed by atoms with Gasteiger partial charge in [-0.2, -0.15) is 0 Å². The zero-order chi connectivity index (χ0) is 14.3.